The molecule has 0 fully saturated rings. The van der Waals surface area contributed by atoms with Crippen molar-refractivity contribution in [1.29, 1.82) is 0 Å². The molecule has 0 N–H and O–H groups in total. The first kappa shape index (κ1) is 11.7. The fourth-order valence-corrected chi connectivity index (χ4v) is 1.50. The van der Waals surface area contributed by atoms with Crippen molar-refractivity contribution in [3.8, 4) is 11.1 Å². The number of benzene rings is 2. The molecule has 0 amide bonds. The van der Waals surface area contributed by atoms with Crippen LogP contribution < -0.4 is 0 Å². The van der Waals surface area contributed by atoms with Crippen LogP contribution in [0.2, 0.25) is 0 Å². The smallest absolute Gasteiger partial charge is 0.258 e. The maximum atomic E-state index is 10.6. The normalized spacial score (nSPS) is 10.0. The van der Waals surface area contributed by atoms with Gasteiger partial charge in [-0.2, -0.15) is 0 Å². The van der Waals surface area contributed by atoms with Crippen LogP contribution >= 0.6 is 0 Å². The van der Waals surface area contributed by atoms with Crippen LogP contribution in [0, 0.1) is 26.3 Å². The van der Waals surface area contributed by atoms with Gasteiger partial charge in [0, 0.05) is 24.3 Å². The highest BCUT2D eigenvalue weighted by atomic mass is 16.6. The third-order valence-corrected chi connectivity index (χ3v) is 2.39. The Balaban J connectivity index is 2.39. The number of nitro groups is 2. The van der Waals surface area contributed by atoms with Crippen molar-refractivity contribution in [2.45, 2.75) is 0 Å². The van der Waals surface area contributed by atoms with Gasteiger partial charge in [-0.15, -0.1) is 0 Å². The average Bonchev–Trinajstić information content (AvgIpc) is 2.39. The van der Waals surface area contributed by atoms with Crippen LogP contribution in [0.15, 0.2) is 42.5 Å². The predicted octanol–water partition coefficient (Wildman–Crippen LogP) is 2.97. The number of rotatable bonds is 3. The zero-order chi connectivity index (χ0) is 13.1. The van der Waals surface area contributed by atoms with Crippen molar-refractivity contribution < 1.29 is 9.85 Å². The summed E-state index contributed by atoms with van der Waals surface area (Å²) in [7, 11) is 0. The van der Waals surface area contributed by atoms with Gasteiger partial charge in [0.25, 0.3) is 11.4 Å². The van der Waals surface area contributed by atoms with Crippen molar-refractivity contribution in [2.24, 2.45) is 0 Å². The summed E-state index contributed by atoms with van der Waals surface area (Å²) in [5.41, 5.74) is 1.11. The van der Waals surface area contributed by atoms with Crippen LogP contribution in [-0.4, -0.2) is 9.85 Å². The van der Waals surface area contributed by atoms with Crippen molar-refractivity contribution in [2.75, 3.05) is 0 Å². The predicted molar refractivity (Wildman–Crippen MR) is 64.0 cm³/mol. The zero-order valence-electron chi connectivity index (χ0n) is 9.07. The minimum atomic E-state index is -0.499. The molecule has 0 atom stereocenters. The number of nitrogens with zero attached hydrogens (tertiary/aromatic N) is 2. The monoisotopic (exact) mass is 243 g/mol. The summed E-state index contributed by atoms with van der Waals surface area (Å²) in [5, 5.41) is 21.1. The zero-order valence-corrected chi connectivity index (χ0v) is 9.07. The van der Waals surface area contributed by atoms with Crippen LogP contribution in [0.4, 0.5) is 11.4 Å². The largest absolute Gasteiger partial charge is 0.270 e. The Kier molecular flexibility index (Phi) is 3.01. The van der Waals surface area contributed by atoms with E-state index in [1.165, 1.54) is 42.5 Å². The molecular weight excluding hydrogens is 236 g/mol. The van der Waals surface area contributed by atoms with Crippen molar-refractivity contribution >= 4 is 11.4 Å². The Morgan fingerprint density at radius 2 is 1.50 bits per heavy atom. The Bertz CT molecular complexity index is 608. The van der Waals surface area contributed by atoms with E-state index in [4.69, 9.17) is 0 Å². The maximum Gasteiger partial charge on any atom is 0.270 e. The van der Waals surface area contributed by atoms with Crippen LogP contribution in [0.1, 0.15) is 0 Å². The lowest BCUT2D eigenvalue weighted by molar-refractivity contribution is -0.384. The molecular formula is C12H7N2O4. The lowest BCUT2D eigenvalue weighted by Gasteiger charge is -2.00. The van der Waals surface area contributed by atoms with E-state index in [-0.39, 0.29) is 11.4 Å². The minimum absolute atomic E-state index is 0.0239. The van der Waals surface area contributed by atoms with E-state index in [0.29, 0.717) is 11.1 Å². The first-order valence-electron chi connectivity index (χ1n) is 4.99. The third-order valence-electron chi connectivity index (χ3n) is 2.39. The van der Waals surface area contributed by atoms with Gasteiger partial charge in [0.05, 0.1) is 9.85 Å². The molecule has 0 saturated carbocycles. The second kappa shape index (κ2) is 4.62. The molecule has 0 aliphatic rings. The molecule has 0 aliphatic carbocycles. The molecule has 2 aromatic rings. The molecule has 0 heterocycles. The van der Waals surface area contributed by atoms with Crippen molar-refractivity contribution in [3.63, 3.8) is 0 Å². The highest BCUT2D eigenvalue weighted by Gasteiger charge is 2.09. The molecule has 0 saturated heterocycles. The Morgan fingerprint density at radius 1 is 0.889 bits per heavy atom. The molecule has 0 bridgehead atoms. The maximum absolute atomic E-state index is 10.6. The highest BCUT2D eigenvalue weighted by Crippen LogP contribution is 2.25. The summed E-state index contributed by atoms with van der Waals surface area (Å²) in [5.74, 6) is 0. The standard InChI is InChI=1S/C12H7N2O4/c15-13(16)11-6-4-9(5-7-11)10-2-1-3-12(8-10)14(17)18/h1,3-8H. The van der Waals surface area contributed by atoms with Gasteiger partial charge >= 0.3 is 0 Å². The quantitative estimate of drug-likeness (QED) is 0.612. The second-order valence-corrected chi connectivity index (χ2v) is 3.52. The first-order chi connectivity index (χ1) is 8.58. The fraction of sp³-hybridized carbons (Fsp3) is 0. The molecule has 6 nitrogen and oxygen atoms in total. The molecule has 89 valence electrons. The molecule has 6 heteroatoms. The number of nitro benzene ring substituents is 2. The van der Waals surface area contributed by atoms with Gasteiger partial charge in [-0.05, 0) is 35.4 Å². The molecule has 0 spiro atoms. The van der Waals surface area contributed by atoms with Crippen LogP contribution in [0.3, 0.4) is 0 Å². The van der Waals surface area contributed by atoms with Crippen LogP contribution in [0.25, 0.3) is 11.1 Å². The van der Waals surface area contributed by atoms with Gasteiger partial charge < -0.3 is 0 Å². The van der Waals surface area contributed by atoms with Crippen LogP contribution in [-0.2, 0) is 0 Å². The van der Waals surface area contributed by atoms with Gasteiger partial charge in [-0.25, -0.2) is 0 Å². The Labute approximate surface area is 102 Å². The molecule has 18 heavy (non-hydrogen) atoms. The minimum Gasteiger partial charge on any atom is -0.258 e. The van der Waals surface area contributed by atoms with Crippen molar-refractivity contribution in [1.82, 2.24) is 0 Å². The lowest BCUT2D eigenvalue weighted by atomic mass is 10.0. The van der Waals surface area contributed by atoms with Gasteiger partial charge in [-0.1, -0.05) is 0 Å². The van der Waals surface area contributed by atoms with Crippen LogP contribution in [0.5, 0.6) is 0 Å². The molecule has 1 radical (unpaired) electrons. The van der Waals surface area contributed by atoms with E-state index < -0.39 is 9.85 Å². The lowest BCUT2D eigenvalue weighted by Crippen LogP contribution is -1.89. The van der Waals surface area contributed by atoms with Gasteiger partial charge in [0.15, 0.2) is 0 Å². The van der Waals surface area contributed by atoms with E-state index in [2.05, 4.69) is 6.07 Å². The van der Waals surface area contributed by atoms with Gasteiger partial charge in [0.2, 0.25) is 0 Å². The number of hydrogen-bond donors (Lipinski definition) is 0. The van der Waals surface area contributed by atoms with E-state index in [9.17, 15) is 20.2 Å². The van der Waals surface area contributed by atoms with Crippen molar-refractivity contribution in [3.05, 3.63) is 68.8 Å². The van der Waals surface area contributed by atoms with E-state index >= 15 is 0 Å². The molecule has 2 rings (SSSR count). The Hall–Kier alpha value is -2.76. The SMILES string of the molecule is O=[N+]([O-])c1ccc(-c2[c]ccc([N+](=O)[O-])c2)cc1. The third kappa shape index (κ3) is 2.32. The number of non-ortho nitro benzene ring substituents is 2. The molecule has 0 aromatic heterocycles. The summed E-state index contributed by atoms with van der Waals surface area (Å²) >= 11 is 0. The summed E-state index contributed by atoms with van der Waals surface area (Å²) < 4.78 is 0. The van der Waals surface area contributed by atoms with Gasteiger partial charge in [-0.3, -0.25) is 20.2 Å². The second-order valence-electron chi connectivity index (χ2n) is 3.52. The highest BCUT2D eigenvalue weighted by molar-refractivity contribution is 5.66. The average molecular weight is 243 g/mol. The molecule has 0 aliphatic heterocycles. The summed E-state index contributed by atoms with van der Waals surface area (Å²) in [6.45, 7) is 0. The summed E-state index contributed by atoms with van der Waals surface area (Å²) in [6.07, 6.45) is 0. The summed E-state index contributed by atoms with van der Waals surface area (Å²) in [4.78, 5) is 20.1. The first-order valence-corrected chi connectivity index (χ1v) is 4.99. The molecule has 0 unspecified atom stereocenters. The molecule has 2 aromatic carbocycles. The fourth-order valence-electron chi connectivity index (χ4n) is 1.50. The van der Waals surface area contributed by atoms with E-state index in [1.54, 1.807) is 0 Å². The van der Waals surface area contributed by atoms with E-state index in [0.717, 1.165) is 0 Å². The summed E-state index contributed by atoms with van der Waals surface area (Å²) in [6, 6.07) is 12.8. The topological polar surface area (TPSA) is 86.3 Å². The number of hydrogen-bond acceptors (Lipinski definition) is 4. The van der Waals surface area contributed by atoms with Gasteiger partial charge in [0.1, 0.15) is 0 Å². The van der Waals surface area contributed by atoms with E-state index in [1.807, 2.05) is 0 Å². The Morgan fingerprint density at radius 3 is 2.06 bits per heavy atom.